The van der Waals surface area contributed by atoms with Crippen molar-refractivity contribution in [2.75, 3.05) is 0 Å². The molecule has 440 valence electrons. The number of hydrogen-bond donors (Lipinski definition) is 5. The maximum atomic E-state index is 12.9. The Balaban J connectivity index is 0.000000271. The van der Waals surface area contributed by atoms with Crippen LogP contribution in [0.2, 0.25) is 10.0 Å². The van der Waals surface area contributed by atoms with Crippen molar-refractivity contribution in [2.24, 2.45) is 11.5 Å². The first-order chi connectivity index (χ1) is 38.0. The zero-order valence-electron chi connectivity index (χ0n) is 48.9. The fourth-order valence-electron chi connectivity index (χ4n) is 8.46. The summed E-state index contributed by atoms with van der Waals surface area (Å²) >= 11 is 15.9. The highest BCUT2D eigenvalue weighted by Crippen LogP contribution is 2.28. The summed E-state index contributed by atoms with van der Waals surface area (Å²) in [6, 6.07) is 24.1. The molecule has 19 heteroatoms. The normalized spacial score (nSPS) is 14.9. The smallest absolute Gasteiger partial charge is 0.333 e. The van der Waals surface area contributed by atoms with Crippen LogP contribution < -0.4 is 43.0 Å². The van der Waals surface area contributed by atoms with Gasteiger partial charge in [-0.3, -0.25) is 32.9 Å². The number of ether oxygens (including phenoxy) is 2. The Kier molecular flexibility index (Phi) is 26.0. The number of nitrogens with two attached hydrogens (primary N) is 2. The Morgan fingerprint density at radius 1 is 0.642 bits per heavy atom. The lowest BCUT2D eigenvalue weighted by Crippen LogP contribution is -2.43. The Hall–Kier alpha value is -6.24. The van der Waals surface area contributed by atoms with Crippen LogP contribution in [0.4, 0.5) is 0 Å². The summed E-state index contributed by atoms with van der Waals surface area (Å²) in [6.45, 7) is 23.0. The highest BCUT2D eigenvalue weighted by Gasteiger charge is 2.24. The molecule has 0 saturated heterocycles. The minimum absolute atomic E-state index is 0.0142. The van der Waals surface area contributed by atoms with E-state index in [1.54, 1.807) is 88.7 Å². The Morgan fingerprint density at radius 3 is 1.38 bits per heavy atom. The van der Waals surface area contributed by atoms with Crippen molar-refractivity contribution in [1.29, 1.82) is 0 Å². The third-order valence-corrected chi connectivity index (χ3v) is 14.1. The van der Waals surface area contributed by atoms with Crippen molar-refractivity contribution in [3.8, 4) is 17.2 Å². The Labute approximate surface area is 495 Å². The molecule has 1 saturated carbocycles. The lowest BCUT2D eigenvalue weighted by atomic mass is 9.92. The van der Waals surface area contributed by atoms with Gasteiger partial charge in [0.25, 0.3) is 11.8 Å². The monoisotopic (exact) mass is 1220 g/mol. The fourth-order valence-corrected chi connectivity index (χ4v) is 9.17. The average Bonchev–Trinajstić information content (AvgIpc) is 4.04. The second kappa shape index (κ2) is 31.3. The number of ketones is 2. The Morgan fingerprint density at radius 2 is 1.06 bits per heavy atom. The van der Waals surface area contributed by atoms with Gasteiger partial charge in [-0.1, -0.05) is 90.1 Å². The van der Waals surface area contributed by atoms with Crippen molar-refractivity contribution >= 4 is 62.5 Å². The first-order valence-electron chi connectivity index (χ1n) is 27.5. The first-order valence-corrected chi connectivity index (χ1v) is 29.1. The number of amides is 2. The molecule has 6 aromatic rings. The van der Waals surface area contributed by atoms with Crippen LogP contribution in [-0.2, 0) is 33.5 Å². The van der Waals surface area contributed by atoms with E-state index < -0.39 is 12.1 Å². The summed E-state index contributed by atoms with van der Waals surface area (Å²) in [5.41, 5.74) is 14.0. The van der Waals surface area contributed by atoms with Gasteiger partial charge in [-0.05, 0) is 167 Å². The highest BCUT2D eigenvalue weighted by atomic mass is 79.9. The molecule has 2 unspecified atom stereocenters. The molecule has 1 aliphatic rings. The molecule has 1 aliphatic carbocycles. The van der Waals surface area contributed by atoms with Crippen LogP contribution in [-0.4, -0.2) is 78.4 Å². The van der Waals surface area contributed by atoms with Gasteiger partial charge in [0.15, 0.2) is 11.6 Å². The summed E-state index contributed by atoms with van der Waals surface area (Å²) < 4.78 is 17.1. The van der Waals surface area contributed by atoms with Gasteiger partial charge in [-0.25, -0.2) is 9.59 Å². The number of carbonyl (C=O) groups excluding carboxylic acids is 4. The largest absolute Gasteiger partial charge is 0.489 e. The van der Waals surface area contributed by atoms with Gasteiger partial charge >= 0.3 is 11.4 Å². The van der Waals surface area contributed by atoms with Crippen molar-refractivity contribution < 1.29 is 28.7 Å². The van der Waals surface area contributed by atoms with Crippen molar-refractivity contribution in [1.82, 2.24) is 29.3 Å². The van der Waals surface area contributed by atoms with Crippen molar-refractivity contribution in [2.45, 2.75) is 182 Å². The standard InChI is InChI=1S/C28H34ClN3O4.C21H23BrClNO3.C7H12N2O.C6H14N2/c1-7-24(33)23(30-26(34)20-10-13-25(22(29)17-20)36-18(2)3)16-19-8-11-21(12-9-19)31-14-15-32(27(31)35)28(4,5)6;1-4-19(25)18(11-14-5-8-16(22)9-6-14)24-21(26)15-7-10-20(17(23)12-15)27-13(2)3;1-7(2,3)9-5-4-8-6(9)10;7-5-3-1-2-4-6(5)8/h8-15,17-18,23H,7,16H2,1-6H3,(H,30,34);5-10,12-13,18H,4,11H2,1-3H3,(H,24,26);4-5H,1-3H3,(H,8,10);5-6H,1-4,7-8H2/t;;;5-,6-/m...0/s1. The Bertz CT molecular complexity index is 3110. The van der Waals surface area contributed by atoms with Crippen LogP contribution in [0, 0.1) is 0 Å². The van der Waals surface area contributed by atoms with Crippen molar-refractivity contribution in [3.63, 3.8) is 0 Å². The second-order valence-electron chi connectivity index (χ2n) is 22.4. The van der Waals surface area contributed by atoms with Crippen LogP contribution in [0.15, 0.2) is 124 Å². The van der Waals surface area contributed by atoms with Gasteiger partial charge < -0.3 is 36.6 Å². The number of Topliss-reactive ketones (excluding diaryl/α,β-unsaturated/α-hetero) is 2. The van der Waals surface area contributed by atoms with E-state index in [1.807, 2.05) is 118 Å². The predicted molar refractivity (Wildman–Crippen MR) is 329 cm³/mol. The van der Waals surface area contributed by atoms with E-state index in [9.17, 15) is 28.8 Å². The lowest BCUT2D eigenvalue weighted by Gasteiger charge is -2.24. The number of H-pyrrole nitrogens is 1. The van der Waals surface area contributed by atoms with Crippen LogP contribution in [0.3, 0.4) is 0 Å². The molecule has 7 N–H and O–H groups in total. The maximum Gasteiger partial charge on any atom is 0.333 e. The molecule has 0 radical (unpaired) electrons. The van der Waals surface area contributed by atoms with Gasteiger partial charge in [0.2, 0.25) is 0 Å². The van der Waals surface area contributed by atoms with E-state index in [-0.39, 0.29) is 70.1 Å². The summed E-state index contributed by atoms with van der Waals surface area (Å²) in [7, 11) is 0. The molecule has 0 bridgehead atoms. The first kappa shape index (κ1) is 67.3. The maximum absolute atomic E-state index is 12.9. The molecule has 2 amide bonds. The number of imidazole rings is 2. The minimum atomic E-state index is -0.691. The highest BCUT2D eigenvalue weighted by molar-refractivity contribution is 9.10. The molecular formula is C62H83BrCl2N8O8. The van der Waals surface area contributed by atoms with Crippen molar-refractivity contribution in [3.05, 3.63) is 167 Å². The number of hydrogen-bond acceptors (Lipinski definition) is 10. The molecule has 2 heterocycles. The van der Waals surface area contributed by atoms with E-state index >= 15 is 0 Å². The average molecular weight is 1220 g/mol. The van der Waals surface area contributed by atoms with Crippen LogP contribution in [0.25, 0.3) is 5.69 Å². The lowest BCUT2D eigenvalue weighted by molar-refractivity contribution is -0.121. The third kappa shape index (κ3) is 21.2. The van der Waals surface area contributed by atoms with Gasteiger partial charge in [-0.2, -0.15) is 0 Å². The number of aromatic amines is 1. The topological polar surface area (TPSA) is 228 Å². The molecule has 16 nitrogen and oxygen atoms in total. The summed E-state index contributed by atoms with van der Waals surface area (Å²) in [4.78, 5) is 76.8. The number of carbonyl (C=O) groups is 4. The molecule has 0 aliphatic heterocycles. The molecule has 2 aromatic heterocycles. The number of benzene rings is 4. The molecule has 7 rings (SSSR count). The summed E-state index contributed by atoms with van der Waals surface area (Å²) in [5, 5.41) is 6.38. The van der Waals surface area contributed by atoms with Crippen LogP contribution in [0.1, 0.15) is 153 Å². The molecule has 0 spiro atoms. The number of nitrogens with one attached hydrogen (secondary N) is 3. The van der Waals surface area contributed by atoms with Gasteiger partial charge in [0.1, 0.15) is 11.5 Å². The SMILES string of the molecule is CC(C)(C)n1cc[nH]c1=O.CCC(=O)C(Cc1ccc(-n2ccn(C(C)(C)C)c2=O)cc1)NC(=O)c1ccc(OC(C)C)c(Cl)c1.CCC(=O)C(Cc1ccc(Br)cc1)NC(=O)c1ccc(OC(C)C)c(Cl)c1.N[C@H]1CCCC[C@@H]1N. The number of aromatic nitrogens is 4. The minimum Gasteiger partial charge on any atom is -0.489 e. The van der Waals surface area contributed by atoms with E-state index in [0.29, 0.717) is 58.4 Å². The zero-order chi connectivity index (χ0) is 60.4. The van der Waals surface area contributed by atoms with Crippen LogP contribution in [0.5, 0.6) is 11.5 Å². The molecule has 4 aromatic carbocycles. The fraction of sp³-hybridized carbons (Fsp3) is 0.452. The number of rotatable bonds is 17. The van der Waals surface area contributed by atoms with Crippen LogP contribution >= 0.6 is 39.1 Å². The molecule has 4 atom stereocenters. The van der Waals surface area contributed by atoms with E-state index in [0.717, 1.165) is 34.1 Å². The predicted octanol–water partition coefficient (Wildman–Crippen LogP) is 11.5. The quantitative estimate of drug-likeness (QED) is 0.0580. The van der Waals surface area contributed by atoms with Gasteiger partial charge in [0.05, 0.1) is 40.0 Å². The summed E-state index contributed by atoms with van der Waals surface area (Å²) in [6.07, 6.45) is 13.1. The number of halogens is 3. The molecule has 1 fully saturated rings. The molecular weight excluding hydrogens is 1140 g/mol. The van der Waals surface area contributed by atoms with Gasteiger partial charge in [0, 0.05) is 76.4 Å². The zero-order valence-corrected chi connectivity index (χ0v) is 52.0. The second-order valence-corrected chi connectivity index (χ2v) is 24.2. The molecule has 81 heavy (non-hydrogen) atoms. The summed E-state index contributed by atoms with van der Waals surface area (Å²) in [5.74, 6) is 0.220. The van der Waals surface area contributed by atoms with Gasteiger partial charge in [-0.15, -0.1) is 0 Å². The van der Waals surface area contributed by atoms with E-state index in [2.05, 4.69) is 31.5 Å². The number of nitrogens with zero attached hydrogens (tertiary/aromatic N) is 3. The third-order valence-electron chi connectivity index (χ3n) is 13.0. The van der Waals surface area contributed by atoms with E-state index in [1.165, 1.54) is 12.8 Å². The van der Waals surface area contributed by atoms with E-state index in [4.69, 9.17) is 44.1 Å².